The SMILES string of the molecule is NC(=O)c1ccc(N)c(NCCc2ncc[nH]2)c1. The molecule has 6 nitrogen and oxygen atoms in total. The molecule has 0 spiro atoms. The lowest BCUT2D eigenvalue weighted by atomic mass is 10.1. The highest BCUT2D eigenvalue weighted by molar-refractivity contribution is 5.94. The van der Waals surface area contributed by atoms with Crippen LogP contribution in [0.5, 0.6) is 0 Å². The van der Waals surface area contributed by atoms with Gasteiger partial charge in [-0.3, -0.25) is 4.79 Å². The third-order valence-electron chi connectivity index (χ3n) is 2.57. The summed E-state index contributed by atoms with van der Waals surface area (Å²) in [4.78, 5) is 18.2. The summed E-state index contributed by atoms with van der Waals surface area (Å²) in [5.74, 6) is 0.427. The Morgan fingerprint density at radius 2 is 2.28 bits per heavy atom. The average Bonchev–Trinajstić information content (AvgIpc) is 2.84. The van der Waals surface area contributed by atoms with Crippen molar-refractivity contribution in [1.29, 1.82) is 0 Å². The van der Waals surface area contributed by atoms with Crippen LogP contribution < -0.4 is 16.8 Å². The fourth-order valence-corrected chi connectivity index (χ4v) is 1.61. The van der Waals surface area contributed by atoms with Crippen molar-refractivity contribution in [2.45, 2.75) is 6.42 Å². The molecule has 2 aromatic rings. The molecule has 0 aliphatic carbocycles. The van der Waals surface area contributed by atoms with Crippen molar-refractivity contribution in [3.63, 3.8) is 0 Å². The Bertz CT molecular complexity index is 535. The number of benzene rings is 1. The Balaban J connectivity index is 2.00. The van der Waals surface area contributed by atoms with E-state index in [1.807, 2.05) is 0 Å². The topological polar surface area (TPSA) is 110 Å². The lowest BCUT2D eigenvalue weighted by molar-refractivity contribution is 0.100. The van der Waals surface area contributed by atoms with E-state index < -0.39 is 5.91 Å². The van der Waals surface area contributed by atoms with Gasteiger partial charge in [-0.2, -0.15) is 0 Å². The lowest BCUT2D eigenvalue weighted by Crippen LogP contribution is -2.13. The quantitative estimate of drug-likeness (QED) is 0.582. The number of anilines is 2. The Kier molecular flexibility index (Phi) is 3.47. The second kappa shape index (κ2) is 5.22. The number of hydrogen-bond donors (Lipinski definition) is 4. The molecular weight excluding hydrogens is 230 g/mol. The Morgan fingerprint density at radius 1 is 1.44 bits per heavy atom. The van der Waals surface area contributed by atoms with Crippen LogP contribution in [0.25, 0.3) is 0 Å². The zero-order valence-electron chi connectivity index (χ0n) is 9.81. The molecule has 0 saturated heterocycles. The minimum atomic E-state index is -0.468. The summed E-state index contributed by atoms with van der Waals surface area (Å²) in [5, 5.41) is 3.15. The molecule has 0 unspecified atom stereocenters. The van der Waals surface area contributed by atoms with Gasteiger partial charge in [-0.25, -0.2) is 4.98 Å². The summed E-state index contributed by atoms with van der Waals surface area (Å²) in [7, 11) is 0. The number of nitrogen functional groups attached to an aromatic ring is 1. The third kappa shape index (κ3) is 2.79. The van der Waals surface area contributed by atoms with Crippen molar-refractivity contribution >= 4 is 17.3 Å². The third-order valence-corrected chi connectivity index (χ3v) is 2.57. The normalized spacial score (nSPS) is 10.2. The van der Waals surface area contributed by atoms with Crippen LogP contribution in [0, 0.1) is 0 Å². The molecule has 1 aromatic heterocycles. The van der Waals surface area contributed by atoms with Crippen LogP contribution in [-0.4, -0.2) is 22.4 Å². The van der Waals surface area contributed by atoms with E-state index in [2.05, 4.69) is 15.3 Å². The predicted molar refractivity (Wildman–Crippen MR) is 70.2 cm³/mol. The number of nitrogens with two attached hydrogens (primary N) is 2. The van der Waals surface area contributed by atoms with E-state index in [1.54, 1.807) is 30.6 Å². The van der Waals surface area contributed by atoms with Gasteiger partial charge in [0.1, 0.15) is 5.82 Å². The van der Waals surface area contributed by atoms with Crippen molar-refractivity contribution in [3.05, 3.63) is 42.0 Å². The molecule has 6 heteroatoms. The Hall–Kier alpha value is -2.50. The number of H-pyrrole nitrogens is 1. The van der Waals surface area contributed by atoms with Crippen molar-refractivity contribution in [3.8, 4) is 0 Å². The Labute approximate surface area is 104 Å². The number of aromatic amines is 1. The van der Waals surface area contributed by atoms with Gasteiger partial charge in [0.2, 0.25) is 5.91 Å². The van der Waals surface area contributed by atoms with Gasteiger partial charge in [0, 0.05) is 30.9 Å². The summed E-state index contributed by atoms with van der Waals surface area (Å²) in [6.07, 6.45) is 4.22. The largest absolute Gasteiger partial charge is 0.397 e. The van der Waals surface area contributed by atoms with Gasteiger partial charge in [0.15, 0.2) is 0 Å². The van der Waals surface area contributed by atoms with Crippen LogP contribution in [0.3, 0.4) is 0 Å². The zero-order valence-corrected chi connectivity index (χ0v) is 9.81. The number of hydrogen-bond acceptors (Lipinski definition) is 4. The van der Waals surface area contributed by atoms with Crippen LogP contribution in [-0.2, 0) is 6.42 Å². The summed E-state index contributed by atoms with van der Waals surface area (Å²) in [6, 6.07) is 4.92. The molecule has 0 atom stereocenters. The number of rotatable bonds is 5. The van der Waals surface area contributed by atoms with Gasteiger partial charge < -0.3 is 21.8 Å². The van der Waals surface area contributed by atoms with E-state index in [0.717, 1.165) is 12.2 Å². The van der Waals surface area contributed by atoms with Crippen LogP contribution in [0.4, 0.5) is 11.4 Å². The minimum absolute atomic E-state index is 0.435. The Morgan fingerprint density at radius 3 is 2.94 bits per heavy atom. The monoisotopic (exact) mass is 245 g/mol. The number of aromatic nitrogens is 2. The maximum absolute atomic E-state index is 11.1. The number of imidazole rings is 1. The van der Waals surface area contributed by atoms with Crippen molar-refractivity contribution in [2.24, 2.45) is 5.73 Å². The second-order valence-corrected chi connectivity index (χ2v) is 3.88. The highest BCUT2D eigenvalue weighted by Crippen LogP contribution is 2.19. The molecule has 0 aliphatic heterocycles. The first-order chi connectivity index (χ1) is 8.66. The molecular formula is C12H15N5O. The maximum Gasteiger partial charge on any atom is 0.248 e. The number of amides is 1. The second-order valence-electron chi connectivity index (χ2n) is 3.88. The van der Waals surface area contributed by atoms with Crippen LogP contribution in [0.1, 0.15) is 16.2 Å². The van der Waals surface area contributed by atoms with Gasteiger partial charge in [-0.1, -0.05) is 0 Å². The van der Waals surface area contributed by atoms with Crippen molar-refractivity contribution < 1.29 is 4.79 Å². The van der Waals surface area contributed by atoms with E-state index >= 15 is 0 Å². The molecule has 0 radical (unpaired) electrons. The number of nitrogens with one attached hydrogen (secondary N) is 2. The molecule has 2 rings (SSSR count). The van der Waals surface area contributed by atoms with Crippen LogP contribution >= 0.6 is 0 Å². The molecule has 0 fully saturated rings. The first-order valence-corrected chi connectivity index (χ1v) is 5.58. The predicted octanol–water partition coefficient (Wildman–Crippen LogP) is 0.745. The van der Waals surface area contributed by atoms with E-state index in [9.17, 15) is 4.79 Å². The van der Waals surface area contributed by atoms with Gasteiger partial charge in [-0.15, -0.1) is 0 Å². The van der Waals surface area contributed by atoms with E-state index in [-0.39, 0.29) is 0 Å². The maximum atomic E-state index is 11.1. The van der Waals surface area contributed by atoms with Gasteiger partial charge >= 0.3 is 0 Å². The van der Waals surface area contributed by atoms with E-state index in [0.29, 0.717) is 23.5 Å². The molecule has 18 heavy (non-hydrogen) atoms. The first-order valence-electron chi connectivity index (χ1n) is 5.58. The zero-order chi connectivity index (χ0) is 13.0. The van der Waals surface area contributed by atoms with Gasteiger partial charge in [0.05, 0.1) is 11.4 Å². The highest BCUT2D eigenvalue weighted by Gasteiger charge is 2.05. The molecule has 0 bridgehead atoms. The molecule has 0 aliphatic rings. The van der Waals surface area contributed by atoms with Gasteiger partial charge in [-0.05, 0) is 18.2 Å². The molecule has 6 N–H and O–H groups in total. The average molecular weight is 245 g/mol. The number of nitrogens with zero attached hydrogens (tertiary/aromatic N) is 1. The summed E-state index contributed by atoms with van der Waals surface area (Å²) in [5.41, 5.74) is 12.8. The first kappa shape index (κ1) is 12.0. The smallest absolute Gasteiger partial charge is 0.248 e. The van der Waals surface area contributed by atoms with Crippen molar-refractivity contribution in [2.75, 3.05) is 17.6 Å². The summed E-state index contributed by atoms with van der Waals surface area (Å²) < 4.78 is 0. The molecule has 94 valence electrons. The number of primary amides is 1. The summed E-state index contributed by atoms with van der Waals surface area (Å²) >= 11 is 0. The lowest BCUT2D eigenvalue weighted by Gasteiger charge is -2.09. The molecule has 0 saturated carbocycles. The fourth-order valence-electron chi connectivity index (χ4n) is 1.61. The molecule has 1 heterocycles. The number of carbonyl (C=O) groups is 1. The molecule has 1 aromatic carbocycles. The molecule has 1 amide bonds. The van der Waals surface area contributed by atoms with Crippen LogP contribution in [0.15, 0.2) is 30.6 Å². The van der Waals surface area contributed by atoms with Gasteiger partial charge in [0.25, 0.3) is 0 Å². The van der Waals surface area contributed by atoms with Crippen LogP contribution in [0.2, 0.25) is 0 Å². The van der Waals surface area contributed by atoms with E-state index in [1.165, 1.54) is 0 Å². The number of carbonyl (C=O) groups excluding carboxylic acids is 1. The standard InChI is InChI=1S/C12H15N5O/c13-9-2-1-8(12(14)18)7-10(9)15-4-3-11-16-5-6-17-11/h1-2,5-7,15H,3-4,13H2,(H2,14,18)(H,16,17). The van der Waals surface area contributed by atoms with Crippen molar-refractivity contribution in [1.82, 2.24) is 9.97 Å². The van der Waals surface area contributed by atoms with E-state index in [4.69, 9.17) is 11.5 Å². The minimum Gasteiger partial charge on any atom is -0.397 e. The highest BCUT2D eigenvalue weighted by atomic mass is 16.1. The summed E-state index contributed by atoms with van der Waals surface area (Å²) in [6.45, 7) is 0.667. The fraction of sp³-hybridized carbons (Fsp3) is 0.167.